The third-order valence-electron chi connectivity index (χ3n) is 8.77. The Labute approximate surface area is 332 Å². The molecule has 0 saturated carbocycles. The zero-order chi connectivity index (χ0) is 57.0. The quantitative estimate of drug-likeness (QED) is 0.176. The van der Waals surface area contributed by atoms with Gasteiger partial charge in [0, 0.05) is 38.0 Å². The van der Waals surface area contributed by atoms with Crippen LogP contribution in [0.25, 0.3) is 93.6 Å². The normalized spacial score (nSPS) is 19.3. The minimum atomic E-state index is -1.01. The fourth-order valence-corrected chi connectivity index (χ4v) is 6.76. The van der Waals surface area contributed by atoms with Crippen molar-refractivity contribution in [1.29, 1.82) is 0 Å². The summed E-state index contributed by atoms with van der Waals surface area (Å²) in [5, 5.41) is -2.99. The van der Waals surface area contributed by atoms with Crippen LogP contribution in [0, 0.1) is 0 Å². The highest BCUT2D eigenvalue weighted by atomic mass is 15.1. The van der Waals surface area contributed by atoms with E-state index in [2.05, 4.69) is 0 Å². The maximum Gasteiger partial charge on any atom is 0.0782 e. The monoisotopic (exact) mass is 676 g/mol. The van der Waals surface area contributed by atoms with Crippen molar-refractivity contribution in [3.8, 4) is 28.2 Å². The van der Waals surface area contributed by atoms with Crippen LogP contribution in [0.3, 0.4) is 0 Å². The van der Waals surface area contributed by atoms with Crippen molar-refractivity contribution in [2.45, 2.75) is 0 Å². The molecule has 3 nitrogen and oxygen atoms in total. The second kappa shape index (κ2) is 10.8. The lowest BCUT2D eigenvalue weighted by Gasteiger charge is -2.15. The van der Waals surface area contributed by atoms with E-state index in [4.69, 9.17) is 20.6 Å². The van der Waals surface area contributed by atoms with E-state index >= 15 is 0 Å². The van der Waals surface area contributed by atoms with Crippen LogP contribution >= 0.6 is 0 Å². The number of fused-ring (bicyclic) bond motifs is 9. The van der Waals surface area contributed by atoms with E-state index in [0.29, 0.717) is 0 Å². The van der Waals surface area contributed by atoms with Crippen LogP contribution in [-0.4, -0.2) is 13.7 Å². The second-order valence-corrected chi connectivity index (χ2v) is 11.3. The first kappa shape index (κ1) is 12.5. The van der Waals surface area contributed by atoms with Crippen molar-refractivity contribution in [3.63, 3.8) is 0 Å². The SMILES string of the molecule is [2H]c1c([2H])c([2H])c(-c2cccc(-n3c4c([2H])c([2H])c([2H])c([2H])c4c4c([2H])c([2H])c([2H])c(-n5c6c([2H])c([2H])c([2H])c([2H])c6c6c(-n7c8c([2H])c([2H])c([2H])c([2H])c8c8c([2H])c([2H])c([2H])c([2H])c87)c([2H])c([2H])c([2H])c65)c43)c2)c([2H])c1[2H]. The first-order valence-corrected chi connectivity index (χ1v) is 15.3. The average Bonchev–Trinajstić information content (AvgIpc) is 4.09. The Morgan fingerprint density at radius 2 is 0.843 bits per heavy atom. The summed E-state index contributed by atoms with van der Waals surface area (Å²) in [6.45, 7) is 0. The van der Waals surface area contributed by atoms with Gasteiger partial charge in [-0.2, -0.15) is 0 Å². The van der Waals surface area contributed by atoms with Gasteiger partial charge in [-0.05, 0) is 65.6 Å². The van der Waals surface area contributed by atoms with Gasteiger partial charge in [-0.15, -0.1) is 0 Å². The van der Waals surface area contributed by atoms with Crippen molar-refractivity contribution in [2.75, 3.05) is 0 Å². The van der Waals surface area contributed by atoms with Crippen LogP contribution in [0.15, 0.2) is 187 Å². The summed E-state index contributed by atoms with van der Waals surface area (Å²) in [6.07, 6.45) is 0. The van der Waals surface area contributed by atoms with Crippen LogP contribution < -0.4 is 0 Å². The molecule has 0 N–H and O–H groups in total. The maximum atomic E-state index is 9.83. The lowest BCUT2D eigenvalue weighted by Crippen LogP contribution is -2.01. The summed E-state index contributed by atoms with van der Waals surface area (Å²) < 4.78 is 247. The fourth-order valence-electron chi connectivity index (χ4n) is 6.76. The predicted molar refractivity (Wildman–Crippen MR) is 215 cm³/mol. The first-order valence-electron chi connectivity index (χ1n) is 28.8. The molecule has 8 aromatic carbocycles. The average molecular weight is 677 g/mol. The van der Waals surface area contributed by atoms with Gasteiger partial charge in [0.15, 0.2) is 0 Å². The molecule has 0 unspecified atom stereocenters. The number of aromatic nitrogens is 3. The summed E-state index contributed by atoms with van der Waals surface area (Å²) in [5.41, 5.74) is -5.17. The zero-order valence-corrected chi connectivity index (χ0v) is 25.7. The molecule has 0 aliphatic rings. The van der Waals surface area contributed by atoms with Gasteiger partial charge in [-0.1, -0.05) is 133 Å². The minimum Gasteiger partial charge on any atom is -0.309 e. The van der Waals surface area contributed by atoms with E-state index in [1.165, 1.54) is 24.3 Å². The molecular weight excluding hydrogens is 619 g/mol. The van der Waals surface area contributed by atoms with Crippen molar-refractivity contribution in [2.24, 2.45) is 0 Å². The molecule has 11 rings (SSSR count). The molecule has 0 fully saturated rings. The Morgan fingerprint density at radius 1 is 0.353 bits per heavy atom. The maximum absolute atomic E-state index is 9.83. The number of hydrogen-bond acceptors (Lipinski definition) is 0. The number of benzene rings is 8. The lowest BCUT2D eigenvalue weighted by atomic mass is 10.1. The minimum absolute atomic E-state index is 0.0378. The van der Waals surface area contributed by atoms with E-state index in [9.17, 15) is 16.4 Å². The number of hydrogen-bond donors (Lipinski definition) is 0. The third-order valence-corrected chi connectivity index (χ3v) is 8.77. The molecule has 0 spiro atoms. The first-order chi connectivity index (χ1) is 36.6. The summed E-state index contributed by atoms with van der Waals surface area (Å²) in [4.78, 5) is 0. The molecule has 0 atom stereocenters. The topological polar surface area (TPSA) is 14.8 Å². The van der Waals surface area contributed by atoms with Crippen molar-refractivity contribution < 1.29 is 37.0 Å². The Balaban J connectivity index is 1.46. The molecule has 0 amide bonds. The van der Waals surface area contributed by atoms with Crippen LogP contribution in [0.2, 0.25) is 0 Å². The van der Waals surface area contributed by atoms with E-state index in [1.54, 1.807) is 0 Å². The molecule has 0 aliphatic carbocycles. The molecule has 3 heterocycles. The van der Waals surface area contributed by atoms with Crippen LogP contribution in [0.1, 0.15) is 37.0 Å². The summed E-state index contributed by atoms with van der Waals surface area (Å²) in [6, 6.07) is -17.0. The highest BCUT2D eigenvalue weighted by molar-refractivity contribution is 6.18. The molecule has 51 heavy (non-hydrogen) atoms. The van der Waals surface area contributed by atoms with E-state index in [0.717, 1.165) is 13.7 Å². The fraction of sp³-hybridized carbons (Fsp3) is 0. The lowest BCUT2D eigenvalue weighted by molar-refractivity contribution is 1.13. The molecular formula is C48H31N3. The summed E-state index contributed by atoms with van der Waals surface area (Å²) in [5.74, 6) is 0. The van der Waals surface area contributed by atoms with Gasteiger partial charge in [-0.3, -0.25) is 0 Å². The molecule has 3 aromatic heterocycles. The van der Waals surface area contributed by atoms with Gasteiger partial charge in [0.2, 0.25) is 0 Å². The Kier molecular flexibility index (Phi) is 2.65. The molecule has 0 bridgehead atoms. The van der Waals surface area contributed by atoms with E-state index < -0.39 is 240 Å². The third kappa shape index (κ3) is 4.00. The highest BCUT2D eigenvalue weighted by Crippen LogP contribution is 2.43. The standard InChI is InChI=1S/C48H31N3/c1-2-15-32(16-3-1)33-17-12-18-34(31-33)49-40-24-8-6-21-37(40)38-23-13-30-46(48(38)49)51-43-27-11-7-22-39(43)47-44(28-14-29-45(47)51)50-41-25-9-4-19-35(41)36-20-5-10-26-42(36)50/h1-31H/i1D,2D,3D,4D,5D,6D,7D,8D,9D,10D,11D,13D,14D,15D,16D,19D,20D,21D,22D,23D,24D,25D,26D,27D,28D,29D,30D. The molecule has 0 aliphatic heterocycles. The van der Waals surface area contributed by atoms with E-state index in [-0.39, 0.29) is 16.8 Å². The van der Waals surface area contributed by atoms with Gasteiger partial charge in [-0.25, -0.2) is 0 Å². The van der Waals surface area contributed by atoms with Gasteiger partial charge in [0.25, 0.3) is 0 Å². The smallest absolute Gasteiger partial charge is 0.0782 e. The molecule has 0 radical (unpaired) electrons. The zero-order valence-electron chi connectivity index (χ0n) is 52.7. The molecule has 238 valence electrons. The molecule has 3 heteroatoms. The Bertz CT molecular complexity index is 4600. The van der Waals surface area contributed by atoms with E-state index in [1.807, 2.05) is 0 Å². The largest absolute Gasteiger partial charge is 0.309 e. The van der Waals surface area contributed by atoms with Gasteiger partial charge < -0.3 is 13.7 Å². The van der Waals surface area contributed by atoms with Gasteiger partial charge in [0.05, 0.1) is 81.5 Å². The van der Waals surface area contributed by atoms with Crippen molar-refractivity contribution >= 4 is 65.4 Å². The van der Waals surface area contributed by atoms with Crippen molar-refractivity contribution in [3.05, 3.63) is 187 Å². The molecule has 11 aromatic rings. The van der Waals surface area contributed by atoms with Crippen LogP contribution in [0.5, 0.6) is 0 Å². The number of para-hydroxylation sites is 5. The summed E-state index contributed by atoms with van der Waals surface area (Å²) in [7, 11) is 0. The molecule has 0 saturated heterocycles. The highest BCUT2D eigenvalue weighted by Gasteiger charge is 2.22. The Morgan fingerprint density at radius 3 is 1.55 bits per heavy atom. The number of nitrogens with zero attached hydrogens (tertiary/aromatic N) is 3. The van der Waals surface area contributed by atoms with Gasteiger partial charge >= 0.3 is 0 Å². The van der Waals surface area contributed by atoms with Crippen molar-refractivity contribution in [1.82, 2.24) is 13.7 Å². The predicted octanol–water partition coefficient (Wildman–Crippen LogP) is 12.6. The number of rotatable bonds is 4. The summed E-state index contributed by atoms with van der Waals surface area (Å²) >= 11 is 0. The second-order valence-electron chi connectivity index (χ2n) is 11.3. The Hall–Kier alpha value is -6.84. The van der Waals surface area contributed by atoms with Crippen LogP contribution in [-0.2, 0) is 0 Å². The van der Waals surface area contributed by atoms with Crippen LogP contribution in [0.4, 0.5) is 0 Å². The van der Waals surface area contributed by atoms with Gasteiger partial charge in [0.1, 0.15) is 0 Å².